The van der Waals surface area contributed by atoms with Gasteiger partial charge in [0.05, 0.1) is 10.6 Å². The maximum absolute atomic E-state index is 10.6. The van der Waals surface area contributed by atoms with Gasteiger partial charge in [-0.05, 0) is 34.6 Å². The number of hydrogen-bond donors (Lipinski definition) is 1. The zero-order valence-corrected chi connectivity index (χ0v) is 13.9. The number of hydrogen-bond acceptors (Lipinski definition) is 5. The van der Waals surface area contributed by atoms with E-state index in [9.17, 15) is 14.9 Å². The molecule has 0 saturated carbocycles. The van der Waals surface area contributed by atoms with Gasteiger partial charge in [0.2, 0.25) is 0 Å². The number of rotatable bonds is 3. The van der Waals surface area contributed by atoms with Crippen LogP contribution in [0.15, 0.2) is 24.3 Å². The second-order valence-electron chi connectivity index (χ2n) is 5.93. The molecular weight excluding hydrogens is 298 g/mol. The van der Waals surface area contributed by atoms with Crippen LogP contribution in [0.25, 0.3) is 11.4 Å². The fourth-order valence-electron chi connectivity index (χ4n) is 1.60. The molecule has 0 fully saturated rings. The Balaban J connectivity index is 0.000000322. The number of carbonyl (C=O) groups is 1. The summed E-state index contributed by atoms with van der Waals surface area (Å²) in [5, 5.41) is 10.6. The number of H-pyrrole nitrogens is 1. The maximum atomic E-state index is 10.6. The Hall–Kier alpha value is -2.70. The Labute approximate surface area is 134 Å². The molecule has 0 amide bonds. The van der Waals surface area contributed by atoms with Gasteiger partial charge < -0.3 is 9.72 Å². The summed E-state index contributed by atoms with van der Waals surface area (Å²) in [4.78, 5) is 27.2. The number of nitrogens with zero attached hydrogens (tertiary/aromatic N) is 2. The molecule has 1 aromatic carbocycles. The van der Waals surface area contributed by atoms with Crippen LogP contribution in [0.3, 0.4) is 0 Å². The van der Waals surface area contributed by atoms with Crippen LogP contribution in [0.4, 0.5) is 5.69 Å². The smallest absolute Gasteiger partial charge is 0.293 e. The molecular formula is C16H21N3O4. The van der Waals surface area contributed by atoms with Gasteiger partial charge in [0, 0.05) is 23.4 Å². The van der Waals surface area contributed by atoms with Crippen molar-refractivity contribution in [2.75, 3.05) is 0 Å². The molecule has 7 nitrogen and oxygen atoms in total. The van der Waals surface area contributed by atoms with Gasteiger partial charge in [0.25, 0.3) is 12.2 Å². The first-order valence-corrected chi connectivity index (χ1v) is 7.03. The van der Waals surface area contributed by atoms with Crippen LogP contribution >= 0.6 is 0 Å². The number of aryl methyl sites for hydroxylation is 2. The minimum absolute atomic E-state index is 0.0733. The van der Waals surface area contributed by atoms with Crippen molar-refractivity contribution in [2.45, 2.75) is 40.2 Å². The lowest BCUT2D eigenvalue weighted by Crippen LogP contribution is -2.17. The average molecular weight is 319 g/mol. The van der Waals surface area contributed by atoms with E-state index in [4.69, 9.17) is 0 Å². The molecule has 0 saturated heterocycles. The summed E-state index contributed by atoms with van der Waals surface area (Å²) in [5.41, 5.74) is 2.36. The van der Waals surface area contributed by atoms with Crippen LogP contribution in [0, 0.1) is 24.0 Å². The molecule has 0 aliphatic heterocycles. The van der Waals surface area contributed by atoms with E-state index in [2.05, 4.69) is 14.7 Å². The van der Waals surface area contributed by atoms with Crippen molar-refractivity contribution in [1.29, 1.82) is 0 Å². The molecule has 2 aromatic rings. The molecule has 0 unspecified atom stereocenters. The number of aromatic amines is 1. The highest BCUT2D eigenvalue weighted by Crippen LogP contribution is 2.22. The number of aromatic nitrogens is 2. The Morgan fingerprint density at radius 1 is 1.30 bits per heavy atom. The molecule has 124 valence electrons. The number of imidazole rings is 1. The first-order chi connectivity index (χ1) is 10.6. The molecule has 0 radical (unpaired) electrons. The van der Waals surface area contributed by atoms with Crippen LogP contribution in [-0.4, -0.2) is 27.0 Å². The molecule has 2 rings (SSSR count). The molecule has 23 heavy (non-hydrogen) atoms. The average Bonchev–Trinajstić information content (AvgIpc) is 2.78. The fraction of sp³-hybridized carbons (Fsp3) is 0.375. The van der Waals surface area contributed by atoms with E-state index in [1.54, 1.807) is 12.1 Å². The highest BCUT2D eigenvalue weighted by atomic mass is 16.6. The summed E-state index contributed by atoms with van der Waals surface area (Å²) < 4.78 is 4.55. The molecule has 7 heteroatoms. The van der Waals surface area contributed by atoms with Gasteiger partial charge >= 0.3 is 0 Å². The van der Waals surface area contributed by atoms with E-state index < -0.39 is 4.92 Å². The second-order valence-corrected chi connectivity index (χ2v) is 5.93. The van der Waals surface area contributed by atoms with Gasteiger partial charge in [0.15, 0.2) is 0 Å². The quantitative estimate of drug-likeness (QED) is 0.530. The topological polar surface area (TPSA) is 98.1 Å². The molecule has 1 N–H and O–H groups in total. The minimum atomic E-state index is -0.411. The molecule has 0 aliphatic carbocycles. The van der Waals surface area contributed by atoms with Crippen molar-refractivity contribution < 1.29 is 14.5 Å². The van der Waals surface area contributed by atoms with Gasteiger partial charge in [-0.1, -0.05) is 12.1 Å². The summed E-state index contributed by atoms with van der Waals surface area (Å²) in [6.45, 7) is 9.74. The van der Waals surface area contributed by atoms with E-state index in [-0.39, 0.29) is 11.3 Å². The Bertz CT molecular complexity index is 667. The van der Waals surface area contributed by atoms with E-state index in [1.165, 1.54) is 12.1 Å². The van der Waals surface area contributed by atoms with Crippen LogP contribution in [-0.2, 0) is 9.53 Å². The second kappa shape index (κ2) is 7.53. The van der Waals surface area contributed by atoms with Crippen LogP contribution in [0.2, 0.25) is 0 Å². The summed E-state index contributed by atoms with van der Waals surface area (Å²) in [6, 6.07) is 6.43. The first-order valence-electron chi connectivity index (χ1n) is 7.03. The summed E-state index contributed by atoms with van der Waals surface area (Å²) in [6.07, 6.45) is 0. The number of nitrogens with one attached hydrogen (secondary N) is 1. The highest BCUT2D eigenvalue weighted by Gasteiger charge is 2.10. The van der Waals surface area contributed by atoms with E-state index in [0.29, 0.717) is 12.3 Å². The zero-order chi connectivity index (χ0) is 17.6. The van der Waals surface area contributed by atoms with Crippen LogP contribution in [0.5, 0.6) is 0 Å². The molecule has 0 bridgehead atoms. The van der Waals surface area contributed by atoms with Crippen LogP contribution < -0.4 is 0 Å². The van der Waals surface area contributed by atoms with Gasteiger partial charge in [-0.3, -0.25) is 14.9 Å². The van der Waals surface area contributed by atoms with Gasteiger partial charge in [-0.25, -0.2) is 4.98 Å². The van der Waals surface area contributed by atoms with E-state index in [1.807, 2.05) is 34.6 Å². The van der Waals surface area contributed by atoms with E-state index >= 15 is 0 Å². The largest absolute Gasteiger partial charge is 0.462 e. The Morgan fingerprint density at radius 2 is 1.96 bits per heavy atom. The molecule has 0 aliphatic rings. The number of carbonyl (C=O) groups excluding carboxylic acids is 1. The first kappa shape index (κ1) is 18.3. The van der Waals surface area contributed by atoms with Crippen molar-refractivity contribution in [2.24, 2.45) is 0 Å². The number of benzene rings is 1. The lowest BCUT2D eigenvalue weighted by molar-refractivity contribution is -0.384. The number of nitro benzene ring substituents is 1. The predicted molar refractivity (Wildman–Crippen MR) is 87.1 cm³/mol. The summed E-state index contributed by atoms with van der Waals surface area (Å²) in [7, 11) is 0. The number of nitro groups is 1. The Morgan fingerprint density at radius 3 is 2.35 bits per heavy atom. The van der Waals surface area contributed by atoms with Gasteiger partial charge in [-0.15, -0.1) is 0 Å². The highest BCUT2D eigenvalue weighted by molar-refractivity contribution is 5.59. The Kier molecular flexibility index (Phi) is 6.01. The summed E-state index contributed by atoms with van der Waals surface area (Å²) in [5.74, 6) is 0.665. The van der Waals surface area contributed by atoms with E-state index in [0.717, 1.165) is 17.0 Å². The van der Waals surface area contributed by atoms with Gasteiger partial charge in [-0.2, -0.15) is 0 Å². The third-order valence-electron chi connectivity index (χ3n) is 2.86. The van der Waals surface area contributed by atoms with Crippen LogP contribution in [0.1, 0.15) is 32.2 Å². The fourth-order valence-corrected chi connectivity index (χ4v) is 1.60. The van der Waals surface area contributed by atoms with Gasteiger partial charge in [0.1, 0.15) is 11.4 Å². The molecule has 1 heterocycles. The molecule has 0 atom stereocenters. The lowest BCUT2D eigenvalue weighted by Gasteiger charge is -2.14. The van der Waals surface area contributed by atoms with Crippen molar-refractivity contribution in [3.8, 4) is 11.4 Å². The predicted octanol–water partition coefficient (Wildman–Crippen LogP) is 3.56. The lowest BCUT2D eigenvalue weighted by atomic mass is 10.2. The van der Waals surface area contributed by atoms with Crippen molar-refractivity contribution in [3.05, 3.63) is 45.8 Å². The third kappa shape index (κ3) is 5.90. The SMILES string of the molecule is CC(C)(C)OC=O.Cc1nc(-c2cccc([N+](=O)[O-])c2)[nH]c1C. The minimum Gasteiger partial charge on any atom is -0.462 e. The third-order valence-corrected chi connectivity index (χ3v) is 2.86. The zero-order valence-electron chi connectivity index (χ0n) is 13.9. The maximum Gasteiger partial charge on any atom is 0.293 e. The van der Waals surface area contributed by atoms with Crippen molar-refractivity contribution in [3.63, 3.8) is 0 Å². The summed E-state index contributed by atoms with van der Waals surface area (Å²) >= 11 is 0. The standard InChI is InChI=1S/C11H11N3O2.C5H10O2/c1-7-8(2)13-11(12-7)9-4-3-5-10(6-9)14(15)16;1-5(2,3)7-4-6/h3-6H,1-2H3,(H,12,13);4H,1-3H3. The normalized spacial score (nSPS) is 10.5. The molecule has 0 spiro atoms. The number of non-ortho nitro benzene ring substituents is 1. The monoisotopic (exact) mass is 319 g/mol. The number of ether oxygens (including phenoxy) is 1. The van der Waals surface area contributed by atoms with Crippen molar-refractivity contribution in [1.82, 2.24) is 9.97 Å². The molecule has 1 aromatic heterocycles. The van der Waals surface area contributed by atoms with Crippen molar-refractivity contribution >= 4 is 12.2 Å².